The molecule has 2 atom stereocenters. The van der Waals surface area contributed by atoms with Crippen LogP contribution >= 0.6 is 27.5 Å². The molecule has 1 aliphatic carbocycles. The molecular formula is C12H15BrClFN2O2S. The minimum atomic E-state index is -3.97. The van der Waals surface area contributed by atoms with E-state index in [0.29, 0.717) is 5.92 Å². The second-order valence-corrected chi connectivity index (χ2v) is 8.02. The Hall–Kier alpha value is -0.370. The Morgan fingerprint density at radius 1 is 1.50 bits per heavy atom. The van der Waals surface area contributed by atoms with Gasteiger partial charge < -0.3 is 5.73 Å². The lowest BCUT2D eigenvalue weighted by Gasteiger charge is -2.15. The van der Waals surface area contributed by atoms with Crippen molar-refractivity contribution in [3.63, 3.8) is 0 Å². The number of anilines is 1. The minimum Gasteiger partial charge on any atom is -0.395 e. The Bertz CT molecular complexity index is 639. The average Bonchev–Trinajstić information content (AvgIpc) is 2.75. The topological polar surface area (TPSA) is 72.2 Å². The molecule has 3 N–H and O–H groups in total. The second-order valence-electron chi connectivity index (χ2n) is 5.13. The van der Waals surface area contributed by atoms with Crippen molar-refractivity contribution in [2.75, 3.05) is 5.73 Å². The molecule has 1 saturated carbocycles. The fourth-order valence-electron chi connectivity index (χ4n) is 2.39. The quantitative estimate of drug-likeness (QED) is 0.619. The van der Waals surface area contributed by atoms with Crippen molar-refractivity contribution < 1.29 is 12.8 Å². The molecule has 4 nitrogen and oxygen atoms in total. The highest BCUT2D eigenvalue weighted by Crippen LogP contribution is 2.35. The zero-order valence-electron chi connectivity index (χ0n) is 10.8. The van der Waals surface area contributed by atoms with Crippen LogP contribution in [0.25, 0.3) is 0 Å². The van der Waals surface area contributed by atoms with Gasteiger partial charge in [-0.1, -0.05) is 18.5 Å². The summed E-state index contributed by atoms with van der Waals surface area (Å²) in [6, 6.07) is 0.899. The molecule has 2 rings (SSSR count). The fraction of sp³-hybridized carbons (Fsp3) is 0.500. The smallest absolute Gasteiger partial charge is 0.243 e. The lowest BCUT2D eigenvalue weighted by molar-refractivity contribution is 0.528. The van der Waals surface area contributed by atoms with Gasteiger partial charge in [0, 0.05) is 6.04 Å². The van der Waals surface area contributed by atoms with Gasteiger partial charge in [0.05, 0.1) is 15.2 Å². The van der Waals surface area contributed by atoms with Crippen molar-refractivity contribution in [1.82, 2.24) is 4.72 Å². The third-order valence-electron chi connectivity index (χ3n) is 3.46. The van der Waals surface area contributed by atoms with E-state index in [4.69, 9.17) is 17.3 Å². The summed E-state index contributed by atoms with van der Waals surface area (Å²) in [5.41, 5.74) is 5.20. The number of nitrogens with one attached hydrogen (secondary N) is 1. The van der Waals surface area contributed by atoms with Gasteiger partial charge in [-0.3, -0.25) is 0 Å². The van der Waals surface area contributed by atoms with Gasteiger partial charge in [-0.25, -0.2) is 17.5 Å². The van der Waals surface area contributed by atoms with Crippen LogP contribution < -0.4 is 10.5 Å². The van der Waals surface area contributed by atoms with Crippen LogP contribution in [0.2, 0.25) is 5.02 Å². The van der Waals surface area contributed by atoms with E-state index >= 15 is 0 Å². The molecule has 0 amide bonds. The molecule has 0 heterocycles. The number of benzene rings is 1. The van der Waals surface area contributed by atoms with E-state index in [2.05, 4.69) is 27.6 Å². The van der Waals surface area contributed by atoms with Crippen molar-refractivity contribution in [3.05, 3.63) is 21.4 Å². The van der Waals surface area contributed by atoms with Crippen LogP contribution in [0.5, 0.6) is 0 Å². The summed E-state index contributed by atoms with van der Waals surface area (Å²) >= 11 is 8.87. The van der Waals surface area contributed by atoms with Gasteiger partial charge in [0.15, 0.2) is 5.82 Å². The third-order valence-corrected chi connectivity index (χ3v) is 6.36. The number of hydrogen-bond acceptors (Lipinski definition) is 3. The Labute approximate surface area is 131 Å². The molecule has 20 heavy (non-hydrogen) atoms. The zero-order valence-corrected chi connectivity index (χ0v) is 13.9. The number of hydrogen-bond donors (Lipinski definition) is 2. The van der Waals surface area contributed by atoms with Crippen molar-refractivity contribution in [1.29, 1.82) is 0 Å². The SMILES string of the molecule is CC1CCC(NS(=O)(=O)c2cc(Cl)c(Br)c(N)c2F)C1. The Morgan fingerprint density at radius 2 is 2.15 bits per heavy atom. The summed E-state index contributed by atoms with van der Waals surface area (Å²) in [6.07, 6.45) is 2.46. The van der Waals surface area contributed by atoms with Gasteiger partial charge in [0.25, 0.3) is 0 Å². The van der Waals surface area contributed by atoms with Gasteiger partial charge in [-0.05, 0) is 47.2 Å². The number of sulfonamides is 1. The van der Waals surface area contributed by atoms with Crippen LogP contribution in [0.3, 0.4) is 0 Å². The molecule has 2 unspecified atom stereocenters. The van der Waals surface area contributed by atoms with E-state index in [1.165, 1.54) is 0 Å². The summed E-state index contributed by atoms with van der Waals surface area (Å²) < 4.78 is 41.2. The Balaban J connectivity index is 2.35. The standard InChI is InChI=1S/C12H15BrClFN2O2S/c1-6-2-3-7(4-6)17-20(18,19)9-5-8(14)10(13)12(16)11(9)15/h5-7,17H,2-4,16H2,1H3. The number of nitrogens with two attached hydrogens (primary N) is 1. The molecule has 1 fully saturated rings. The molecule has 1 aromatic rings. The summed E-state index contributed by atoms with van der Waals surface area (Å²) in [5.74, 6) is -0.522. The monoisotopic (exact) mass is 384 g/mol. The van der Waals surface area contributed by atoms with Crippen LogP contribution in [-0.2, 0) is 10.0 Å². The number of nitrogen functional groups attached to an aromatic ring is 1. The maximum absolute atomic E-state index is 14.1. The molecule has 0 aliphatic heterocycles. The first-order valence-corrected chi connectivity index (χ1v) is 8.83. The van der Waals surface area contributed by atoms with Crippen LogP contribution in [-0.4, -0.2) is 14.5 Å². The number of rotatable bonds is 3. The Kier molecular flexibility index (Phi) is 4.63. The normalized spacial score (nSPS) is 23.2. The summed E-state index contributed by atoms with van der Waals surface area (Å²) in [4.78, 5) is -0.511. The van der Waals surface area contributed by atoms with E-state index in [1.54, 1.807) is 0 Å². The van der Waals surface area contributed by atoms with Crippen LogP contribution in [0.15, 0.2) is 15.4 Å². The van der Waals surface area contributed by atoms with Crippen LogP contribution in [0.1, 0.15) is 26.2 Å². The lowest BCUT2D eigenvalue weighted by Crippen LogP contribution is -2.33. The molecule has 8 heteroatoms. The Morgan fingerprint density at radius 3 is 2.70 bits per heavy atom. The first-order valence-electron chi connectivity index (χ1n) is 6.17. The molecule has 112 valence electrons. The highest BCUT2D eigenvalue weighted by Gasteiger charge is 2.29. The molecule has 1 aromatic carbocycles. The number of halogens is 3. The summed E-state index contributed by atoms with van der Waals surface area (Å²) in [5, 5.41) is 0.0593. The third kappa shape index (κ3) is 3.10. The summed E-state index contributed by atoms with van der Waals surface area (Å²) in [7, 11) is -3.97. The lowest BCUT2D eigenvalue weighted by atomic mass is 10.1. The molecular weight excluding hydrogens is 371 g/mol. The molecule has 0 radical (unpaired) electrons. The van der Waals surface area contributed by atoms with Gasteiger partial charge >= 0.3 is 0 Å². The predicted octanol–water partition coefficient (Wildman–Crippen LogP) is 3.29. The molecule has 0 spiro atoms. The van der Waals surface area contributed by atoms with E-state index in [1.807, 2.05) is 0 Å². The van der Waals surface area contributed by atoms with Gasteiger partial charge in [0.2, 0.25) is 10.0 Å². The molecule has 0 bridgehead atoms. The van der Waals surface area contributed by atoms with Crippen molar-refractivity contribution in [3.8, 4) is 0 Å². The van der Waals surface area contributed by atoms with Crippen molar-refractivity contribution in [2.24, 2.45) is 5.92 Å². The van der Waals surface area contributed by atoms with E-state index < -0.39 is 20.7 Å². The fourth-order valence-corrected chi connectivity index (χ4v) is 4.36. The highest BCUT2D eigenvalue weighted by molar-refractivity contribution is 9.10. The van der Waals surface area contributed by atoms with Gasteiger partial charge in [0.1, 0.15) is 4.90 Å². The van der Waals surface area contributed by atoms with Crippen molar-refractivity contribution >= 4 is 43.2 Å². The van der Waals surface area contributed by atoms with Crippen molar-refractivity contribution in [2.45, 2.75) is 37.1 Å². The second kappa shape index (κ2) is 5.79. The first-order chi connectivity index (χ1) is 9.22. The van der Waals surface area contributed by atoms with Gasteiger partial charge in [-0.2, -0.15) is 0 Å². The van der Waals surface area contributed by atoms with E-state index in [-0.39, 0.29) is 21.2 Å². The summed E-state index contributed by atoms with van der Waals surface area (Å²) in [6.45, 7) is 2.06. The molecule has 0 saturated heterocycles. The predicted molar refractivity (Wildman–Crippen MR) is 80.6 cm³/mol. The van der Waals surface area contributed by atoms with E-state index in [0.717, 1.165) is 25.3 Å². The van der Waals surface area contributed by atoms with Gasteiger partial charge in [-0.15, -0.1) is 0 Å². The average molecular weight is 386 g/mol. The zero-order chi connectivity index (χ0) is 15.1. The van der Waals surface area contributed by atoms with E-state index in [9.17, 15) is 12.8 Å². The first kappa shape index (κ1) is 16.0. The maximum Gasteiger partial charge on any atom is 0.243 e. The van der Waals surface area contributed by atoms with Crippen LogP contribution in [0.4, 0.5) is 10.1 Å². The van der Waals surface area contributed by atoms with Crippen LogP contribution in [0, 0.1) is 11.7 Å². The minimum absolute atomic E-state index is 0.0593. The molecule has 0 aromatic heterocycles. The largest absolute Gasteiger partial charge is 0.395 e. The molecule has 1 aliphatic rings. The maximum atomic E-state index is 14.1. The highest BCUT2D eigenvalue weighted by atomic mass is 79.9.